The minimum absolute atomic E-state index is 0.0154. The van der Waals surface area contributed by atoms with Crippen molar-refractivity contribution in [2.45, 2.75) is 297 Å². The van der Waals surface area contributed by atoms with Gasteiger partial charge in [0.25, 0.3) is 0 Å². The monoisotopic (exact) mass is 765 g/mol. The Hall–Kier alpha value is -1.06. The summed E-state index contributed by atoms with van der Waals surface area (Å²) in [5.74, 6) is 0.0323. The van der Waals surface area contributed by atoms with Crippen LogP contribution < -0.4 is 0 Å². The predicted octanol–water partition coefficient (Wildman–Crippen LogP) is 17.5. The van der Waals surface area contributed by atoms with E-state index >= 15 is 0 Å². The molecule has 0 aliphatic heterocycles. The molecule has 4 heteroatoms. The quantitative estimate of drug-likeness (QED) is 0.0458. The first-order valence-electron chi connectivity index (χ1n) is 24.9. The van der Waals surface area contributed by atoms with E-state index in [9.17, 15) is 9.59 Å². The van der Waals surface area contributed by atoms with Gasteiger partial charge in [0, 0.05) is 12.8 Å². The van der Waals surface area contributed by atoms with Gasteiger partial charge in [0.1, 0.15) is 0 Å². The fourth-order valence-electron chi connectivity index (χ4n) is 7.21. The topological polar surface area (TPSA) is 52.6 Å². The number of ether oxygens (including phenoxy) is 2. The van der Waals surface area contributed by atoms with Crippen LogP contribution in [0.1, 0.15) is 297 Å². The third kappa shape index (κ3) is 53.0. The van der Waals surface area contributed by atoms with Crippen molar-refractivity contribution < 1.29 is 19.1 Å². The molecular formula is C50H100O4. The van der Waals surface area contributed by atoms with Crippen LogP contribution in [0.5, 0.6) is 0 Å². The number of rotatable bonds is 44. The van der Waals surface area contributed by atoms with E-state index < -0.39 is 0 Å². The van der Waals surface area contributed by atoms with Gasteiger partial charge in [-0.2, -0.15) is 0 Å². The lowest BCUT2D eigenvalue weighted by Gasteiger charge is -2.05. The fraction of sp³-hybridized carbons (Fsp3) is 0.960. The minimum atomic E-state index is 0.0154. The van der Waals surface area contributed by atoms with Crippen molar-refractivity contribution in [2.75, 3.05) is 13.2 Å². The Kier molecular flexibility index (Phi) is 52.9. The summed E-state index contributed by atoms with van der Waals surface area (Å²) in [6.07, 6.45) is 54.0. The van der Waals surface area contributed by atoms with E-state index in [0.29, 0.717) is 26.1 Å². The van der Waals surface area contributed by atoms with Gasteiger partial charge in [0.15, 0.2) is 0 Å². The van der Waals surface area contributed by atoms with E-state index in [1.54, 1.807) is 0 Å². The summed E-state index contributed by atoms with van der Waals surface area (Å²) in [5.41, 5.74) is 0. The fourth-order valence-corrected chi connectivity index (χ4v) is 7.21. The van der Waals surface area contributed by atoms with Crippen LogP contribution in [0.15, 0.2) is 0 Å². The normalized spacial score (nSPS) is 11.0. The van der Waals surface area contributed by atoms with E-state index in [4.69, 9.17) is 9.47 Å². The van der Waals surface area contributed by atoms with Gasteiger partial charge in [-0.25, -0.2) is 0 Å². The lowest BCUT2D eigenvalue weighted by Crippen LogP contribution is -2.05. The van der Waals surface area contributed by atoms with Crippen molar-refractivity contribution in [1.29, 1.82) is 0 Å². The largest absolute Gasteiger partial charge is 0.466 e. The second-order valence-electron chi connectivity index (χ2n) is 16.7. The molecule has 0 saturated heterocycles. The Morgan fingerprint density at radius 3 is 0.611 bits per heavy atom. The lowest BCUT2D eigenvalue weighted by molar-refractivity contribution is -0.144. The number of unbranched alkanes of at least 4 members (excludes halogenated alkanes) is 36. The first-order valence-corrected chi connectivity index (χ1v) is 24.9. The molecule has 0 aromatic heterocycles. The maximum Gasteiger partial charge on any atom is 0.305 e. The van der Waals surface area contributed by atoms with Crippen LogP contribution in [0, 0.1) is 0 Å². The Bertz CT molecular complexity index is 692. The van der Waals surface area contributed by atoms with Crippen molar-refractivity contribution in [3.63, 3.8) is 0 Å². The molecule has 0 amide bonds. The van der Waals surface area contributed by atoms with Crippen molar-refractivity contribution in [3.05, 3.63) is 0 Å². The van der Waals surface area contributed by atoms with Crippen molar-refractivity contribution in [3.8, 4) is 0 Å². The van der Waals surface area contributed by atoms with Gasteiger partial charge in [-0.05, 0) is 25.7 Å². The van der Waals surface area contributed by atoms with E-state index in [0.717, 1.165) is 25.7 Å². The van der Waals surface area contributed by atoms with Gasteiger partial charge < -0.3 is 9.47 Å². The van der Waals surface area contributed by atoms with Gasteiger partial charge in [-0.3, -0.25) is 9.59 Å². The molecule has 54 heavy (non-hydrogen) atoms. The minimum Gasteiger partial charge on any atom is -0.466 e. The molecule has 0 atom stereocenters. The average molecular weight is 765 g/mol. The summed E-state index contributed by atoms with van der Waals surface area (Å²) < 4.78 is 10.6. The number of hydrogen-bond donors (Lipinski definition) is 0. The summed E-state index contributed by atoms with van der Waals surface area (Å²) >= 11 is 0. The van der Waals surface area contributed by atoms with Crippen molar-refractivity contribution in [2.24, 2.45) is 0 Å². The summed E-state index contributed by atoms with van der Waals surface area (Å²) in [6.45, 7) is 10.3. The summed E-state index contributed by atoms with van der Waals surface area (Å²) in [4.78, 5) is 23.3. The van der Waals surface area contributed by atoms with Crippen LogP contribution in [0.3, 0.4) is 0 Å². The van der Waals surface area contributed by atoms with E-state index in [2.05, 4.69) is 27.7 Å². The van der Waals surface area contributed by atoms with Crippen molar-refractivity contribution in [1.82, 2.24) is 0 Å². The molecule has 0 unspecified atom stereocenters. The number of esters is 2. The van der Waals surface area contributed by atoms with Crippen LogP contribution in [-0.4, -0.2) is 25.2 Å². The zero-order chi connectivity index (χ0) is 39.7. The smallest absolute Gasteiger partial charge is 0.305 e. The number of hydrogen-bond acceptors (Lipinski definition) is 4. The Balaban J connectivity index is 0. The molecule has 4 nitrogen and oxygen atoms in total. The first-order chi connectivity index (χ1) is 26.6. The maximum absolute atomic E-state index is 11.7. The van der Waals surface area contributed by atoms with E-state index in [-0.39, 0.29) is 11.9 Å². The molecule has 0 rings (SSSR count). The van der Waals surface area contributed by atoms with Crippen molar-refractivity contribution >= 4 is 11.9 Å². The molecule has 0 saturated carbocycles. The highest BCUT2D eigenvalue weighted by molar-refractivity contribution is 5.69. The van der Waals surface area contributed by atoms with Crippen LogP contribution in [0.2, 0.25) is 0 Å². The van der Waals surface area contributed by atoms with Crippen LogP contribution in [0.25, 0.3) is 0 Å². The van der Waals surface area contributed by atoms with Gasteiger partial charge in [0.05, 0.1) is 13.2 Å². The molecule has 0 aliphatic rings. The van der Waals surface area contributed by atoms with E-state index in [1.807, 2.05) is 0 Å². The van der Waals surface area contributed by atoms with Gasteiger partial charge in [-0.1, -0.05) is 259 Å². The SMILES string of the molecule is CCCCCCCCCCCCCCCC(=O)OCCCCCCCC.CCCCCCCCCCCCCCCCCC(=O)OCCCCCCCC. The molecular weight excluding hydrogens is 665 g/mol. The van der Waals surface area contributed by atoms with Gasteiger partial charge in [0.2, 0.25) is 0 Å². The van der Waals surface area contributed by atoms with E-state index in [1.165, 1.54) is 231 Å². The Morgan fingerprint density at radius 1 is 0.241 bits per heavy atom. The summed E-state index contributed by atoms with van der Waals surface area (Å²) in [5, 5.41) is 0. The highest BCUT2D eigenvalue weighted by Gasteiger charge is 2.04. The van der Waals surface area contributed by atoms with Crippen LogP contribution in [-0.2, 0) is 19.1 Å². The average Bonchev–Trinajstić information content (AvgIpc) is 3.17. The molecule has 0 fully saturated rings. The molecule has 0 radical (unpaired) electrons. The second kappa shape index (κ2) is 51.9. The third-order valence-electron chi connectivity index (χ3n) is 11.0. The van der Waals surface area contributed by atoms with Gasteiger partial charge >= 0.3 is 11.9 Å². The molecule has 0 spiro atoms. The Labute approximate surface area is 340 Å². The summed E-state index contributed by atoms with van der Waals surface area (Å²) in [7, 11) is 0. The zero-order valence-electron chi connectivity index (χ0n) is 37.7. The van der Waals surface area contributed by atoms with Crippen LogP contribution in [0.4, 0.5) is 0 Å². The molecule has 324 valence electrons. The highest BCUT2D eigenvalue weighted by Crippen LogP contribution is 2.15. The summed E-state index contributed by atoms with van der Waals surface area (Å²) in [6, 6.07) is 0. The highest BCUT2D eigenvalue weighted by atomic mass is 16.5. The molecule has 0 N–H and O–H groups in total. The zero-order valence-corrected chi connectivity index (χ0v) is 37.7. The first kappa shape index (κ1) is 55.0. The molecule has 0 aromatic rings. The molecule has 0 aromatic carbocycles. The number of carbonyl (C=O) groups is 2. The third-order valence-corrected chi connectivity index (χ3v) is 11.0. The predicted molar refractivity (Wildman–Crippen MR) is 239 cm³/mol. The lowest BCUT2D eigenvalue weighted by atomic mass is 10.0. The standard InChI is InChI=1S/C26H52O2.C24H48O2/c1-3-5-7-9-11-12-13-14-15-16-17-18-19-20-22-24-26(27)28-25-23-21-10-8-6-4-2;1-3-5-7-9-11-12-13-14-15-16-17-18-20-22-24(25)26-23-21-19-10-8-6-4-2/h3-25H2,1-2H3;3-23H2,1-2H3. The Morgan fingerprint density at radius 2 is 0.407 bits per heavy atom. The maximum atomic E-state index is 11.7. The van der Waals surface area contributed by atoms with Crippen LogP contribution >= 0.6 is 0 Å². The van der Waals surface area contributed by atoms with Gasteiger partial charge in [-0.15, -0.1) is 0 Å². The molecule has 0 heterocycles. The molecule has 0 aliphatic carbocycles. The number of carbonyl (C=O) groups excluding carboxylic acids is 2. The second-order valence-corrected chi connectivity index (χ2v) is 16.7. The molecule has 0 bridgehead atoms.